The number of benzene rings is 1. The number of nitrogens with one attached hydrogen (secondary N) is 1. The lowest BCUT2D eigenvalue weighted by atomic mass is 10.1. The van der Waals surface area contributed by atoms with Crippen molar-refractivity contribution >= 4 is 47.2 Å². The number of halogens is 3. The molecule has 146 valence electrons. The maximum Gasteiger partial charge on any atom is 0.232 e. The van der Waals surface area contributed by atoms with Gasteiger partial charge in [-0.3, -0.25) is 9.69 Å². The van der Waals surface area contributed by atoms with Crippen LogP contribution in [-0.4, -0.2) is 54.2 Å². The largest absolute Gasteiger partial charge is 0.339 e. The number of rotatable bonds is 3. The fraction of sp³-hybridized carbons (Fsp3) is 0.471. The third kappa shape index (κ3) is 4.22. The van der Waals surface area contributed by atoms with Crippen molar-refractivity contribution < 1.29 is 9.32 Å². The molecule has 0 saturated carbocycles. The lowest BCUT2D eigenvalue weighted by molar-refractivity contribution is -0.117. The first-order chi connectivity index (χ1) is 12.5. The number of hydrogen-bond donors (Lipinski definition) is 1. The number of nitrogens with zero attached hydrogens (tertiary/aromatic N) is 4. The van der Waals surface area contributed by atoms with Crippen molar-refractivity contribution in [3.63, 3.8) is 0 Å². The summed E-state index contributed by atoms with van der Waals surface area (Å²) in [6.07, 6.45) is 0.324. The van der Waals surface area contributed by atoms with Crippen LogP contribution in [0, 0.1) is 0 Å². The zero-order chi connectivity index (χ0) is 18.3. The van der Waals surface area contributed by atoms with E-state index in [4.69, 9.17) is 27.7 Å². The lowest BCUT2D eigenvalue weighted by Crippen LogP contribution is -2.44. The predicted octanol–water partition coefficient (Wildman–Crippen LogP) is 2.89. The molecule has 0 spiro atoms. The number of piperazine rings is 1. The average molecular weight is 433 g/mol. The molecular formula is C17H20Cl3N5O2. The van der Waals surface area contributed by atoms with Crippen molar-refractivity contribution in [3.05, 3.63) is 40.0 Å². The molecule has 2 aliphatic heterocycles. The first-order valence-corrected chi connectivity index (χ1v) is 9.28. The van der Waals surface area contributed by atoms with E-state index < -0.39 is 0 Å². The van der Waals surface area contributed by atoms with Crippen LogP contribution in [0.3, 0.4) is 0 Å². The van der Waals surface area contributed by atoms with Crippen molar-refractivity contribution in [1.29, 1.82) is 0 Å². The van der Waals surface area contributed by atoms with E-state index in [1.54, 1.807) is 23.1 Å². The Labute approximate surface area is 173 Å². The van der Waals surface area contributed by atoms with Gasteiger partial charge in [-0.15, -0.1) is 12.4 Å². The predicted molar refractivity (Wildman–Crippen MR) is 106 cm³/mol. The standard InChI is InChI=1S/C17H19Cl2N5O2.ClH/c1-23-3-2-20-8-14(23)16-21-17(26-22-16)10-4-15(25)24(9-10)13-6-11(18)5-12(19)7-13;/h5-7,10,14,20H,2-4,8-9H2,1H3;1H. The maximum absolute atomic E-state index is 12.5. The minimum atomic E-state index is -0.136. The van der Waals surface area contributed by atoms with Crippen LogP contribution in [0.15, 0.2) is 22.7 Å². The Hall–Kier alpha value is -1.38. The van der Waals surface area contributed by atoms with Gasteiger partial charge >= 0.3 is 0 Å². The van der Waals surface area contributed by atoms with Crippen LogP contribution in [0.4, 0.5) is 5.69 Å². The van der Waals surface area contributed by atoms with Crippen LogP contribution >= 0.6 is 35.6 Å². The Balaban J connectivity index is 0.00000210. The Kier molecular flexibility index (Phi) is 6.28. The SMILES string of the molecule is CN1CCNCC1c1noc(C2CC(=O)N(c3cc(Cl)cc(Cl)c3)C2)n1.Cl. The summed E-state index contributed by atoms with van der Waals surface area (Å²) in [4.78, 5) is 20.9. The molecule has 2 atom stereocenters. The number of likely N-dealkylation sites (N-methyl/N-ethyl adjacent to an activating group) is 1. The summed E-state index contributed by atoms with van der Waals surface area (Å²) in [6.45, 7) is 3.13. The van der Waals surface area contributed by atoms with E-state index >= 15 is 0 Å². The summed E-state index contributed by atoms with van der Waals surface area (Å²) in [6, 6.07) is 5.19. The van der Waals surface area contributed by atoms with E-state index in [0.29, 0.717) is 40.4 Å². The van der Waals surface area contributed by atoms with Gasteiger partial charge in [0.2, 0.25) is 11.8 Å². The second kappa shape index (κ2) is 8.32. The van der Waals surface area contributed by atoms with Gasteiger partial charge in [0, 0.05) is 48.3 Å². The first-order valence-electron chi connectivity index (χ1n) is 8.52. The van der Waals surface area contributed by atoms with Gasteiger partial charge in [-0.05, 0) is 25.2 Å². The van der Waals surface area contributed by atoms with E-state index in [1.165, 1.54) is 0 Å². The first kappa shape index (κ1) is 20.4. The number of carbonyl (C=O) groups is 1. The third-order valence-corrected chi connectivity index (χ3v) is 5.34. The molecule has 2 aliphatic rings. The smallest absolute Gasteiger partial charge is 0.232 e. The monoisotopic (exact) mass is 431 g/mol. The number of aromatic nitrogens is 2. The average Bonchev–Trinajstić information content (AvgIpc) is 3.21. The summed E-state index contributed by atoms with van der Waals surface area (Å²) in [5.74, 6) is 1.02. The molecule has 2 unspecified atom stereocenters. The molecule has 3 heterocycles. The fourth-order valence-electron chi connectivity index (χ4n) is 3.46. The van der Waals surface area contributed by atoms with Crippen LogP contribution in [0.2, 0.25) is 10.0 Å². The van der Waals surface area contributed by atoms with Gasteiger partial charge in [-0.2, -0.15) is 4.98 Å². The highest BCUT2D eigenvalue weighted by Gasteiger charge is 2.36. The summed E-state index contributed by atoms with van der Waals surface area (Å²) in [5.41, 5.74) is 0.686. The molecule has 1 aromatic heterocycles. The molecule has 2 fully saturated rings. The highest BCUT2D eigenvalue weighted by Crippen LogP contribution is 2.34. The van der Waals surface area contributed by atoms with Gasteiger partial charge in [0.05, 0.1) is 12.0 Å². The number of anilines is 1. The molecule has 0 aliphatic carbocycles. The molecule has 27 heavy (non-hydrogen) atoms. The summed E-state index contributed by atoms with van der Waals surface area (Å²) in [7, 11) is 2.05. The summed E-state index contributed by atoms with van der Waals surface area (Å²) < 4.78 is 5.48. The minimum Gasteiger partial charge on any atom is -0.339 e. The van der Waals surface area contributed by atoms with E-state index in [0.717, 1.165) is 19.6 Å². The number of carbonyl (C=O) groups excluding carboxylic acids is 1. The van der Waals surface area contributed by atoms with Gasteiger partial charge in [-0.1, -0.05) is 28.4 Å². The van der Waals surface area contributed by atoms with E-state index in [9.17, 15) is 4.79 Å². The Bertz CT molecular complexity index is 810. The van der Waals surface area contributed by atoms with Crippen molar-refractivity contribution in [2.45, 2.75) is 18.4 Å². The normalized spacial score (nSPS) is 23.5. The van der Waals surface area contributed by atoms with E-state index in [-0.39, 0.29) is 30.3 Å². The number of amides is 1. The molecule has 0 bridgehead atoms. The van der Waals surface area contributed by atoms with Crippen LogP contribution in [0.5, 0.6) is 0 Å². The molecule has 0 radical (unpaired) electrons. The van der Waals surface area contributed by atoms with Gasteiger partial charge in [0.25, 0.3) is 0 Å². The van der Waals surface area contributed by atoms with Crippen LogP contribution < -0.4 is 10.2 Å². The van der Waals surface area contributed by atoms with Crippen molar-refractivity contribution in [2.24, 2.45) is 0 Å². The van der Waals surface area contributed by atoms with Crippen LogP contribution in [0.1, 0.15) is 30.1 Å². The van der Waals surface area contributed by atoms with Crippen molar-refractivity contribution in [2.75, 3.05) is 38.1 Å². The topological polar surface area (TPSA) is 74.5 Å². The minimum absolute atomic E-state index is 0. The van der Waals surface area contributed by atoms with Crippen LogP contribution in [0.25, 0.3) is 0 Å². The lowest BCUT2D eigenvalue weighted by Gasteiger charge is -2.30. The quantitative estimate of drug-likeness (QED) is 0.804. The Morgan fingerprint density at radius 3 is 2.70 bits per heavy atom. The van der Waals surface area contributed by atoms with Crippen molar-refractivity contribution in [3.8, 4) is 0 Å². The molecule has 4 rings (SSSR count). The zero-order valence-electron chi connectivity index (χ0n) is 14.7. The molecule has 7 nitrogen and oxygen atoms in total. The Morgan fingerprint density at radius 1 is 1.26 bits per heavy atom. The fourth-order valence-corrected chi connectivity index (χ4v) is 3.97. The highest BCUT2D eigenvalue weighted by molar-refractivity contribution is 6.35. The second-order valence-electron chi connectivity index (χ2n) is 6.72. The van der Waals surface area contributed by atoms with Crippen LogP contribution in [-0.2, 0) is 4.79 Å². The third-order valence-electron chi connectivity index (χ3n) is 4.90. The Morgan fingerprint density at radius 2 is 2.00 bits per heavy atom. The maximum atomic E-state index is 12.5. The molecule has 2 aromatic rings. The van der Waals surface area contributed by atoms with Crippen molar-refractivity contribution in [1.82, 2.24) is 20.4 Å². The zero-order valence-corrected chi connectivity index (χ0v) is 17.0. The number of hydrogen-bond acceptors (Lipinski definition) is 6. The second-order valence-corrected chi connectivity index (χ2v) is 7.60. The molecule has 1 N–H and O–H groups in total. The molecule has 2 saturated heterocycles. The van der Waals surface area contributed by atoms with E-state index in [2.05, 4.69) is 20.4 Å². The molecule has 1 amide bonds. The van der Waals surface area contributed by atoms with Gasteiger partial charge < -0.3 is 14.7 Å². The van der Waals surface area contributed by atoms with Gasteiger partial charge in [0.15, 0.2) is 5.82 Å². The van der Waals surface area contributed by atoms with Gasteiger partial charge in [-0.25, -0.2) is 0 Å². The molecule has 1 aromatic carbocycles. The summed E-state index contributed by atoms with van der Waals surface area (Å²) in [5, 5.41) is 8.48. The molecule has 10 heteroatoms. The van der Waals surface area contributed by atoms with Gasteiger partial charge in [0.1, 0.15) is 0 Å². The highest BCUT2D eigenvalue weighted by atomic mass is 35.5. The van der Waals surface area contributed by atoms with E-state index in [1.807, 2.05) is 7.05 Å². The molecular weight excluding hydrogens is 413 g/mol. The summed E-state index contributed by atoms with van der Waals surface area (Å²) >= 11 is 12.1.